The van der Waals surface area contributed by atoms with E-state index in [0.717, 1.165) is 24.5 Å². The second-order valence-electron chi connectivity index (χ2n) is 4.62. The summed E-state index contributed by atoms with van der Waals surface area (Å²) in [4.78, 5) is 18.4. The molecule has 0 aliphatic carbocycles. The fourth-order valence-electron chi connectivity index (χ4n) is 2.01. The highest BCUT2D eigenvalue weighted by atomic mass is 32.1. The molecule has 2 aromatic rings. The van der Waals surface area contributed by atoms with Gasteiger partial charge in [0.15, 0.2) is 0 Å². The summed E-state index contributed by atoms with van der Waals surface area (Å²) in [6.45, 7) is 3.51. The van der Waals surface area contributed by atoms with E-state index in [0.29, 0.717) is 6.42 Å². The lowest BCUT2D eigenvalue weighted by Crippen LogP contribution is -2.24. The summed E-state index contributed by atoms with van der Waals surface area (Å²) >= 11 is 1.64. The van der Waals surface area contributed by atoms with Gasteiger partial charge in [-0.2, -0.15) is 0 Å². The zero-order chi connectivity index (χ0) is 14.4. The number of aryl methyl sites for hydroxylation is 1. The Morgan fingerprint density at radius 3 is 2.70 bits per heavy atom. The van der Waals surface area contributed by atoms with E-state index in [2.05, 4.69) is 22.0 Å². The molecule has 2 rings (SSSR count). The van der Waals surface area contributed by atoms with Crippen molar-refractivity contribution in [2.75, 3.05) is 11.4 Å². The van der Waals surface area contributed by atoms with Crippen LogP contribution in [0.1, 0.15) is 23.4 Å². The van der Waals surface area contributed by atoms with Crippen LogP contribution in [-0.2, 0) is 11.3 Å². The van der Waals surface area contributed by atoms with E-state index in [9.17, 15) is 4.79 Å². The molecule has 0 saturated heterocycles. The average molecular weight is 290 g/mol. The van der Waals surface area contributed by atoms with Gasteiger partial charge >= 0.3 is 5.97 Å². The average Bonchev–Trinajstić information content (AvgIpc) is 2.84. The van der Waals surface area contributed by atoms with Crippen molar-refractivity contribution in [3.05, 3.63) is 46.4 Å². The number of para-hydroxylation sites is 1. The Balaban J connectivity index is 2.08. The SMILES string of the molecule is Cc1ncsc1CN(CCCC(=O)O)c1ccccc1. The van der Waals surface area contributed by atoms with Gasteiger partial charge in [0.2, 0.25) is 0 Å². The van der Waals surface area contributed by atoms with E-state index >= 15 is 0 Å². The van der Waals surface area contributed by atoms with Crippen molar-refractivity contribution in [2.45, 2.75) is 26.3 Å². The van der Waals surface area contributed by atoms with Crippen molar-refractivity contribution in [3.8, 4) is 0 Å². The van der Waals surface area contributed by atoms with Crippen LogP contribution in [0, 0.1) is 6.92 Å². The van der Waals surface area contributed by atoms with E-state index < -0.39 is 5.97 Å². The van der Waals surface area contributed by atoms with Gasteiger partial charge in [0.05, 0.1) is 17.7 Å². The van der Waals surface area contributed by atoms with Crippen molar-refractivity contribution >= 4 is 23.0 Å². The largest absolute Gasteiger partial charge is 0.481 e. The summed E-state index contributed by atoms with van der Waals surface area (Å²) in [6.07, 6.45) is 0.840. The quantitative estimate of drug-likeness (QED) is 0.850. The first kappa shape index (κ1) is 14.5. The van der Waals surface area contributed by atoms with Gasteiger partial charge in [-0.15, -0.1) is 11.3 Å². The van der Waals surface area contributed by atoms with Gasteiger partial charge in [-0.3, -0.25) is 4.79 Å². The number of rotatable bonds is 7. The van der Waals surface area contributed by atoms with Crippen molar-refractivity contribution < 1.29 is 9.90 Å². The maximum Gasteiger partial charge on any atom is 0.303 e. The van der Waals surface area contributed by atoms with Crippen LogP contribution in [0.15, 0.2) is 35.8 Å². The third kappa shape index (κ3) is 4.06. The Hall–Kier alpha value is -1.88. The number of carboxylic acid groups (broad SMARTS) is 1. The molecule has 0 fully saturated rings. The molecule has 0 spiro atoms. The van der Waals surface area contributed by atoms with Crippen LogP contribution in [0.2, 0.25) is 0 Å². The van der Waals surface area contributed by atoms with Gasteiger partial charge in [-0.25, -0.2) is 4.98 Å². The first-order chi connectivity index (χ1) is 9.66. The molecule has 20 heavy (non-hydrogen) atoms. The molecule has 0 radical (unpaired) electrons. The Morgan fingerprint density at radius 1 is 1.35 bits per heavy atom. The second-order valence-corrected chi connectivity index (χ2v) is 5.55. The highest BCUT2D eigenvalue weighted by Crippen LogP contribution is 2.21. The summed E-state index contributed by atoms with van der Waals surface area (Å²) in [6, 6.07) is 10.1. The molecule has 0 unspecified atom stereocenters. The predicted molar refractivity (Wildman–Crippen MR) is 81.2 cm³/mol. The van der Waals surface area contributed by atoms with Crippen LogP contribution in [0.25, 0.3) is 0 Å². The standard InChI is InChI=1S/C15H18N2O2S/c1-12-14(20-11-16-12)10-17(9-5-8-15(18)19)13-6-3-2-4-7-13/h2-4,6-7,11H,5,8-10H2,1H3,(H,18,19). The molecule has 1 aromatic heterocycles. The zero-order valence-corrected chi connectivity index (χ0v) is 12.3. The monoisotopic (exact) mass is 290 g/mol. The Bertz CT molecular complexity index is 554. The topological polar surface area (TPSA) is 53.4 Å². The maximum absolute atomic E-state index is 10.7. The van der Waals surface area contributed by atoms with Crippen LogP contribution in [-0.4, -0.2) is 22.6 Å². The molecule has 1 heterocycles. The molecule has 0 aliphatic heterocycles. The van der Waals surface area contributed by atoms with Crippen LogP contribution >= 0.6 is 11.3 Å². The van der Waals surface area contributed by atoms with Gasteiger partial charge < -0.3 is 10.0 Å². The number of hydrogen-bond donors (Lipinski definition) is 1. The molecule has 106 valence electrons. The van der Waals surface area contributed by atoms with Crippen molar-refractivity contribution in [3.63, 3.8) is 0 Å². The second kappa shape index (κ2) is 7.05. The van der Waals surface area contributed by atoms with Gasteiger partial charge in [0.1, 0.15) is 0 Å². The molecular formula is C15H18N2O2S. The number of benzene rings is 1. The van der Waals surface area contributed by atoms with Gasteiger partial charge in [-0.1, -0.05) is 18.2 Å². The molecule has 0 aliphatic rings. The minimum absolute atomic E-state index is 0.199. The van der Waals surface area contributed by atoms with E-state index in [-0.39, 0.29) is 6.42 Å². The predicted octanol–water partition coefficient (Wildman–Crippen LogP) is 3.32. The number of hydrogen-bond acceptors (Lipinski definition) is 4. The normalized spacial score (nSPS) is 10.4. The molecule has 5 heteroatoms. The lowest BCUT2D eigenvalue weighted by Gasteiger charge is -2.24. The molecule has 1 N–H and O–H groups in total. The molecule has 4 nitrogen and oxygen atoms in total. The number of thiazole rings is 1. The number of anilines is 1. The highest BCUT2D eigenvalue weighted by Gasteiger charge is 2.11. The van der Waals surface area contributed by atoms with Crippen LogP contribution in [0.4, 0.5) is 5.69 Å². The first-order valence-corrected chi connectivity index (χ1v) is 7.45. The highest BCUT2D eigenvalue weighted by molar-refractivity contribution is 7.09. The summed E-state index contributed by atoms with van der Waals surface area (Å²) in [5.74, 6) is -0.744. The molecule has 0 atom stereocenters. The molecular weight excluding hydrogens is 272 g/mol. The first-order valence-electron chi connectivity index (χ1n) is 6.57. The Kier molecular flexibility index (Phi) is 5.12. The minimum Gasteiger partial charge on any atom is -0.481 e. The molecule has 0 saturated carbocycles. The van der Waals surface area contributed by atoms with Crippen LogP contribution in [0.5, 0.6) is 0 Å². The van der Waals surface area contributed by atoms with Crippen molar-refractivity contribution in [2.24, 2.45) is 0 Å². The lowest BCUT2D eigenvalue weighted by atomic mass is 10.2. The van der Waals surface area contributed by atoms with Gasteiger partial charge in [-0.05, 0) is 25.5 Å². The number of aromatic nitrogens is 1. The summed E-state index contributed by atoms with van der Waals surface area (Å²) in [5, 5.41) is 8.77. The fraction of sp³-hybridized carbons (Fsp3) is 0.333. The van der Waals surface area contributed by atoms with Crippen LogP contribution < -0.4 is 4.90 Å². The third-order valence-corrected chi connectivity index (χ3v) is 4.04. The third-order valence-electron chi connectivity index (χ3n) is 3.12. The van der Waals surface area contributed by atoms with E-state index in [4.69, 9.17) is 5.11 Å². The van der Waals surface area contributed by atoms with E-state index in [1.54, 1.807) is 11.3 Å². The Labute approximate surface area is 122 Å². The van der Waals surface area contributed by atoms with E-state index in [1.165, 1.54) is 4.88 Å². The summed E-state index contributed by atoms with van der Waals surface area (Å²) < 4.78 is 0. The fourth-order valence-corrected chi connectivity index (χ4v) is 2.80. The number of aliphatic carboxylic acids is 1. The maximum atomic E-state index is 10.7. The minimum atomic E-state index is -0.744. The summed E-state index contributed by atoms with van der Waals surface area (Å²) in [7, 11) is 0. The molecule has 0 amide bonds. The van der Waals surface area contributed by atoms with E-state index in [1.807, 2.05) is 30.6 Å². The lowest BCUT2D eigenvalue weighted by molar-refractivity contribution is -0.137. The zero-order valence-electron chi connectivity index (χ0n) is 11.5. The number of carbonyl (C=O) groups is 1. The van der Waals surface area contributed by atoms with Crippen LogP contribution in [0.3, 0.4) is 0 Å². The van der Waals surface area contributed by atoms with Crippen molar-refractivity contribution in [1.82, 2.24) is 4.98 Å². The summed E-state index contributed by atoms with van der Waals surface area (Å²) in [5.41, 5.74) is 4.02. The molecule has 0 bridgehead atoms. The van der Waals surface area contributed by atoms with Crippen molar-refractivity contribution in [1.29, 1.82) is 0 Å². The smallest absolute Gasteiger partial charge is 0.303 e. The molecule has 1 aromatic carbocycles. The van der Waals surface area contributed by atoms with Gasteiger partial charge in [0.25, 0.3) is 0 Å². The number of carboxylic acids is 1. The number of nitrogens with zero attached hydrogens (tertiary/aromatic N) is 2. The van der Waals surface area contributed by atoms with Gasteiger partial charge in [0, 0.05) is 23.5 Å². The Morgan fingerprint density at radius 2 is 2.10 bits per heavy atom.